The van der Waals surface area contributed by atoms with E-state index in [1.807, 2.05) is 54.6 Å². The van der Waals surface area contributed by atoms with Crippen LogP contribution in [0.25, 0.3) is 44.5 Å². The number of carbonyl (C=O) groups is 1. The van der Waals surface area contributed by atoms with Crippen LogP contribution in [0.5, 0.6) is 0 Å². The van der Waals surface area contributed by atoms with Gasteiger partial charge in [-0.15, -0.1) is 0 Å². The zero-order chi connectivity index (χ0) is 25.6. The molecule has 1 aliphatic carbocycles. The van der Waals surface area contributed by atoms with Gasteiger partial charge in [-0.1, -0.05) is 54.6 Å². The van der Waals surface area contributed by atoms with Crippen LogP contribution < -0.4 is 10.9 Å². The lowest BCUT2D eigenvalue weighted by Crippen LogP contribution is -2.50. The van der Waals surface area contributed by atoms with Crippen molar-refractivity contribution in [3.63, 3.8) is 0 Å². The maximum atomic E-state index is 13.5. The van der Waals surface area contributed by atoms with Crippen molar-refractivity contribution in [2.75, 3.05) is 0 Å². The Morgan fingerprint density at radius 1 is 1.00 bits per heavy atom. The van der Waals surface area contributed by atoms with Gasteiger partial charge in [0.25, 0.3) is 5.56 Å². The Hall–Kier alpha value is -4.72. The number of amides is 1. The van der Waals surface area contributed by atoms with Crippen LogP contribution in [0, 0.1) is 0 Å². The lowest BCUT2D eigenvalue weighted by molar-refractivity contribution is 0.144. The van der Waals surface area contributed by atoms with E-state index in [-0.39, 0.29) is 5.56 Å². The molecule has 0 spiro atoms. The minimum absolute atomic E-state index is 0.167. The number of hydrogen-bond donors (Lipinski definition) is 2. The summed E-state index contributed by atoms with van der Waals surface area (Å²) in [6.45, 7) is 0. The molecule has 0 unspecified atom stereocenters. The van der Waals surface area contributed by atoms with Crippen molar-refractivity contribution < 1.29 is 14.3 Å². The molecule has 1 aliphatic rings. The molecule has 8 nitrogen and oxygen atoms in total. The number of furan rings is 1. The number of pyridine rings is 1. The van der Waals surface area contributed by atoms with Crippen LogP contribution in [0.15, 0.2) is 88.7 Å². The maximum absolute atomic E-state index is 13.5. The van der Waals surface area contributed by atoms with E-state index in [0.717, 1.165) is 47.1 Å². The van der Waals surface area contributed by atoms with Gasteiger partial charge in [-0.25, -0.2) is 14.8 Å². The highest BCUT2D eigenvalue weighted by Gasteiger charge is 2.40. The largest absolute Gasteiger partial charge is 0.465 e. The summed E-state index contributed by atoms with van der Waals surface area (Å²) in [4.78, 5) is 33.2. The summed E-state index contributed by atoms with van der Waals surface area (Å²) in [5.74, 6) is 0.572. The number of benzene rings is 2. The number of aromatic nitrogens is 3. The summed E-state index contributed by atoms with van der Waals surface area (Å²) in [7, 11) is 1.72. The molecule has 1 fully saturated rings. The average molecular weight is 493 g/mol. The molecule has 0 atom stereocenters. The minimum Gasteiger partial charge on any atom is -0.465 e. The Morgan fingerprint density at radius 3 is 2.32 bits per heavy atom. The van der Waals surface area contributed by atoms with Crippen LogP contribution in [0.1, 0.15) is 24.8 Å². The van der Waals surface area contributed by atoms with Crippen molar-refractivity contribution in [2.24, 2.45) is 7.05 Å². The predicted molar refractivity (Wildman–Crippen MR) is 140 cm³/mol. The van der Waals surface area contributed by atoms with Gasteiger partial charge in [0.2, 0.25) is 0 Å². The summed E-state index contributed by atoms with van der Waals surface area (Å²) in [5.41, 5.74) is 4.49. The molecule has 184 valence electrons. The van der Waals surface area contributed by atoms with E-state index in [0.29, 0.717) is 22.3 Å². The summed E-state index contributed by atoms with van der Waals surface area (Å²) in [6.07, 6.45) is 8.06. The number of carboxylic acid groups (broad SMARTS) is 1. The molecule has 6 rings (SSSR count). The average Bonchev–Trinajstić information content (AvgIpc) is 3.30. The van der Waals surface area contributed by atoms with Crippen LogP contribution >= 0.6 is 0 Å². The van der Waals surface area contributed by atoms with Crippen molar-refractivity contribution >= 4 is 17.1 Å². The first-order valence-corrected chi connectivity index (χ1v) is 12.1. The van der Waals surface area contributed by atoms with Gasteiger partial charge in [-0.3, -0.25) is 4.79 Å². The molecule has 3 aromatic heterocycles. The molecule has 2 N–H and O–H groups in total. The molecule has 0 radical (unpaired) electrons. The van der Waals surface area contributed by atoms with Crippen LogP contribution in [-0.2, 0) is 12.6 Å². The fourth-order valence-electron chi connectivity index (χ4n) is 5.20. The highest BCUT2D eigenvalue weighted by atomic mass is 16.4. The first-order chi connectivity index (χ1) is 18.0. The molecule has 1 amide bonds. The topological polar surface area (TPSA) is 110 Å². The number of hydrogen-bond acceptors (Lipinski definition) is 5. The molecule has 2 aromatic carbocycles. The first-order valence-electron chi connectivity index (χ1n) is 12.1. The molecule has 5 aromatic rings. The lowest BCUT2D eigenvalue weighted by atomic mass is 9.72. The second-order valence-electron chi connectivity index (χ2n) is 9.41. The molecule has 1 saturated carbocycles. The van der Waals surface area contributed by atoms with E-state index in [4.69, 9.17) is 4.42 Å². The van der Waals surface area contributed by atoms with E-state index in [2.05, 4.69) is 15.3 Å². The number of nitrogens with one attached hydrogen (secondary N) is 1. The van der Waals surface area contributed by atoms with E-state index in [1.165, 1.54) is 6.33 Å². The van der Waals surface area contributed by atoms with E-state index in [9.17, 15) is 14.7 Å². The zero-order valence-electron chi connectivity index (χ0n) is 20.1. The Morgan fingerprint density at radius 2 is 1.70 bits per heavy atom. The van der Waals surface area contributed by atoms with Crippen molar-refractivity contribution in [1.29, 1.82) is 0 Å². The summed E-state index contributed by atoms with van der Waals surface area (Å²) in [5, 5.41) is 12.5. The molecule has 0 aliphatic heterocycles. The second kappa shape index (κ2) is 8.74. The number of nitrogens with zero attached hydrogens (tertiary/aromatic N) is 3. The van der Waals surface area contributed by atoms with Gasteiger partial charge < -0.3 is 19.4 Å². The Kier molecular flexibility index (Phi) is 5.37. The fraction of sp³-hybridized carbons (Fsp3) is 0.172. The monoisotopic (exact) mass is 492 g/mol. The predicted octanol–water partition coefficient (Wildman–Crippen LogP) is 5.57. The van der Waals surface area contributed by atoms with Gasteiger partial charge >= 0.3 is 6.09 Å². The van der Waals surface area contributed by atoms with Crippen LogP contribution in [0.2, 0.25) is 0 Å². The third-order valence-corrected chi connectivity index (χ3v) is 7.20. The van der Waals surface area contributed by atoms with Gasteiger partial charge in [-0.2, -0.15) is 0 Å². The molecular weight excluding hydrogens is 468 g/mol. The Balaban J connectivity index is 1.58. The molecule has 3 heterocycles. The Labute approximate surface area is 212 Å². The highest BCUT2D eigenvalue weighted by molar-refractivity contribution is 6.06. The van der Waals surface area contributed by atoms with Crippen LogP contribution in [-0.4, -0.2) is 25.7 Å². The normalized spacial score (nSPS) is 14.3. The minimum atomic E-state index is -1.03. The van der Waals surface area contributed by atoms with E-state index in [1.54, 1.807) is 30.2 Å². The van der Waals surface area contributed by atoms with Crippen molar-refractivity contribution in [3.05, 3.63) is 95.4 Å². The number of fused-ring (bicyclic) bond motifs is 1. The summed E-state index contributed by atoms with van der Waals surface area (Å²) < 4.78 is 8.07. The van der Waals surface area contributed by atoms with Crippen molar-refractivity contribution in [1.82, 2.24) is 19.9 Å². The van der Waals surface area contributed by atoms with Gasteiger partial charge in [0.15, 0.2) is 0 Å². The summed E-state index contributed by atoms with van der Waals surface area (Å²) in [6, 6.07) is 17.4. The number of rotatable bonds is 5. The van der Waals surface area contributed by atoms with Gasteiger partial charge in [0.1, 0.15) is 17.7 Å². The van der Waals surface area contributed by atoms with Gasteiger partial charge in [0, 0.05) is 47.9 Å². The summed E-state index contributed by atoms with van der Waals surface area (Å²) >= 11 is 0. The highest BCUT2D eigenvalue weighted by Crippen LogP contribution is 2.44. The van der Waals surface area contributed by atoms with Crippen molar-refractivity contribution in [2.45, 2.75) is 24.8 Å². The smallest absolute Gasteiger partial charge is 0.405 e. The fourth-order valence-corrected chi connectivity index (χ4v) is 5.20. The SMILES string of the molecule is Cn1cc(-c2cncnc2)c2oc(-c3ccc(C4(NC(=O)O)CCC4)cc3)c(-c3ccccc3)c2c1=O. The van der Waals surface area contributed by atoms with Crippen LogP contribution in [0.3, 0.4) is 0 Å². The molecule has 0 saturated heterocycles. The molecule has 37 heavy (non-hydrogen) atoms. The number of aryl methyl sites for hydroxylation is 1. The molecule has 8 heteroatoms. The lowest BCUT2D eigenvalue weighted by Gasteiger charge is -2.42. The third-order valence-electron chi connectivity index (χ3n) is 7.20. The quantitative estimate of drug-likeness (QED) is 0.332. The standard InChI is InChI=1S/C29H24N4O4/c1-33-16-22(20-14-30-17-31-15-20)26-24(27(33)34)23(18-6-3-2-4-7-18)25(37-26)19-8-10-21(11-9-19)29(12-5-13-29)32-28(35)36/h2-4,6-11,14-17,32H,5,12-13H2,1H3,(H,35,36). The van der Waals surface area contributed by atoms with E-state index >= 15 is 0 Å². The zero-order valence-corrected chi connectivity index (χ0v) is 20.1. The molecular formula is C29H24N4O4. The van der Waals surface area contributed by atoms with Crippen molar-refractivity contribution in [3.8, 4) is 33.6 Å². The maximum Gasteiger partial charge on any atom is 0.405 e. The van der Waals surface area contributed by atoms with E-state index < -0.39 is 11.6 Å². The van der Waals surface area contributed by atoms with Crippen LogP contribution in [0.4, 0.5) is 4.79 Å². The molecule has 0 bridgehead atoms. The van der Waals surface area contributed by atoms with Gasteiger partial charge in [-0.05, 0) is 30.4 Å². The Bertz CT molecular complexity index is 1670. The van der Waals surface area contributed by atoms with Gasteiger partial charge in [0.05, 0.1) is 10.9 Å². The first kappa shape index (κ1) is 22.7. The second-order valence-corrected chi connectivity index (χ2v) is 9.41. The third kappa shape index (κ3) is 3.78.